The molecule has 0 radical (unpaired) electrons. The maximum Gasteiger partial charge on any atom is 0.258 e. The van der Waals surface area contributed by atoms with Crippen molar-refractivity contribution >= 4 is 17.5 Å². The number of hydrogen-bond donors (Lipinski definition) is 0. The Morgan fingerprint density at radius 1 is 1.42 bits per heavy atom. The Morgan fingerprint density at radius 2 is 2.21 bits per heavy atom. The van der Waals surface area contributed by atoms with Gasteiger partial charge in [0, 0.05) is 18.9 Å². The number of aryl methyl sites for hydroxylation is 1. The summed E-state index contributed by atoms with van der Waals surface area (Å²) in [5, 5.41) is 0.182. The van der Waals surface area contributed by atoms with E-state index >= 15 is 0 Å². The van der Waals surface area contributed by atoms with Gasteiger partial charge in [-0.2, -0.15) is 0 Å². The van der Waals surface area contributed by atoms with E-state index in [0.29, 0.717) is 31.0 Å². The number of amides is 1. The van der Waals surface area contributed by atoms with E-state index in [9.17, 15) is 9.18 Å². The maximum atomic E-state index is 14.1. The van der Waals surface area contributed by atoms with Crippen LogP contribution in [0, 0.1) is 12.7 Å². The molecule has 2 aliphatic rings. The highest BCUT2D eigenvalue weighted by molar-refractivity contribution is 6.34. The number of oxazole rings is 1. The molecule has 1 amide bonds. The van der Waals surface area contributed by atoms with Crippen LogP contribution in [-0.2, 0) is 13.0 Å². The molecule has 0 N–H and O–H groups in total. The second-order valence-electron chi connectivity index (χ2n) is 6.58. The van der Waals surface area contributed by atoms with Gasteiger partial charge < -0.3 is 9.32 Å². The zero-order valence-corrected chi connectivity index (χ0v) is 14.2. The molecule has 0 bridgehead atoms. The molecule has 1 fully saturated rings. The lowest BCUT2D eigenvalue weighted by atomic mass is 9.85. The molecular weight excluding hydrogens is 331 g/mol. The number of benzene rings is 1. The smallest absolute Gasteiger partial charge is 0.258 e. The van der Waals surface area contributed by atoms with Crippen LogP contribution in [0.2, 0.25) is 5.02 Å². The van der Waals surface area contributed by atoms with E-state index in [4.69, 9.17) is 16.0 Å². The van der Waals surface area contributed by atoms with Gasteiger partial charge >= 0.3 is 0 Å². The summed E-state index contributed by atoms with van der Waals surface area (Å²) in [7, 11) is 0. The lowest BCUT2D eigenvalue weighted by Crippen LogP contribution is -2.36. The zero-order valence-electron chi connectivity index (χ0n) is 13.4. The minimum atomic E-state index is -0.586. The molecule has 1 aromatic heterocycles. The number of halogens is 2. The summed E-state index contributed by atoms with van der Waals surface area (Å²) in [4.78, 5) is 18.9. The minimum absolute atomic E-state index is 0.0529. The number of aromatic nitrogens is 1. The van der Waals surface area contributed by atoms with E-state index in [1.54, 1.807) is 17.9 Å². The van der Waals surface area contributed by atoms with Crippen LogP contribution in [0.3, 0.4) is 0 Å². The molecule has 0 saturated heterocycles. The quantitative estimate of drug-likeness (QED) is 0.815. The summed E-state index contributed by atoms with van der Waals surface area (Å²) >= 11 is 6.16. The number of nitrogens with zero attached hydrogens (tertiary/aromatic N) is 2. The van der Waals surface area contributed by atoms with E-state index in [-0.39, 0.29) is 16.5 Å². The van der Waals surface area contributed by atoms with E-state index in [2.05, 4.69) is 4.98 Å². The van der Waals surface area contributed by atoms with Gasteiger partial charge in [0.25, 0.3) is 5.91 Å². The third kappa shape index (κ3) is 2.51. The van der Waals surface area contributed by atoms with Gasteiger partial charge in [-0.25, -0.2) is 9.37 Å². The van der Waals surface area contributed by atoms with Crippen LogP contribution in [0.1, 0.15) is 58.4 Å². The van der Waals surface area contributed by atoms with E-state index in [1.165, 1.54) is 12.5 Å². The van der Waals surface area contributed by atoms with Gasteiger partial charge in [0.15, 0.2) is 5.89 Å². The number of rotatable bonds is 2. The highest BCUT2D eigenvalue weighted by Crippen LogP contribution is 2.37. The Kier molecular flexibility index (Phi) is 3.83. The van der Waals surface area contributed by atoms with Crippen LogP contribution >= 0.6 is 11.6 Å². The molecule has 0 atom stereocenters. The van der Waals surface area contributed by atoms with Gasteiger partial charge in [-0.1, -0.05) is 24.1 Å². The molecule has 4 rings (SSSR count). The molecule has 2 aromatic rings. The van der Waals surface area contributed by atoms with E-state index in [0.717, 1.165) is 30.2 Å². The third-order valence-electron chi connectivity index (χ3n) is 4.98. The van der Waals surface area contributed by atoms with Crippen molar-refractivity contribution in [2.45, 2.75) is 45.1 Å². The largest absolute Gasteiger partial charge is 0.445 e. The fourth-order valence-electron chi connectivity index (χ4n) is 3.23. The summed E-state index contributed by atoms with van der Waals surface area (Å²) in [6, 6.07) is 2.86. The summed E-state index contributed by atoms with van der Waals surface area (Å²) in [5.74, 6) is 1.09. The third-order valence-corrected chi connectivity index (χ3v) is 5.47. The van der Waals surface area contributed by atoms with Gasteiger partial charge in [0.1, 0.15) is 17.3 Å². The van der Waals surface area contributed by atoms with Gasteiger partial charge in [-0.15, -0.1) is 0 Å². The predicted octanol–water partition coefficient (Wildman–Crippen LogP) is 4.24. The number of carbonyl (C=O) groups excluding carboxylic acids is 1. The monoisotopic (exact) mass is 348 g/mol. The van der Waals surface area contributed by atoms with Gasteiger partial charge in [0.2, 0.25) is 0 Å². The summed E-state index contributed by atoms with van der Waals surface area (Å²) in [6.07, 6.45) is 4.05. The highest BCUT2D eigenvalue weighted by Gasteiger charge is 2.31. The Hall–Kier alpha value is -1.88. The van der Waals surface area contributed by atoms with Crippen molar-refractivity contribution in [2.24, 2.45) is 0 Å². The van der Waals surface area contributed by atoms with Crippen molar-refractivity contribution in [3.63, 3.8) is 0 Å². The molecular formula is C18H18ClFN2O2. The standard InChI is InChI=1S/C18H18ClFN2O2/c1-10-5-6-12(20)15(16(10)19)18(23)22-8-7-14-13(9-22)21-17(24-14)11-3-2-4-11/h5-6,11H,2-4,7-9H2,1H3. The van der Waals surface area contributed by atoms with Crippen LogP contribution in [0.25, 0.3) is 0 Å². The Labute approximate surface area is 144 Å². The van der Waals surface area contributed by atoms with Crippen LogP contribution < -0.4 is 0 Å². The van der Waals surface area contributed by atoms with Crippen LogP contribution in [-0.4, -0.2) is 22.3 Å². The number of fused-ring (bicyclic) bond motifs is 1. The first-order chi connectivity index (χ1) is 11.5. The molecule has 6 heteroatoms. The molecule has 1 aromatic carbocycles. The molecule has 0 spiro atoms. The Bertz CT molecular complexity index is 814. The average Bonchev–Trinajstić information content (AvgIpc) is 2.91. The Morgan fingerprint density at radius 3 is 2.92 bits per heavy atom. The molecule has 126 valence electrons. The molecule has 2 heterocycles. The van der Waals surface area contributed by atoms with Crippen LogP contribution in [0.5, 0.6) is 0 Å². The zero-order chi connectivity index (χ0) is 16.8. The summed E-state index contributed by atoms with van der Waals surface area (Å²) in [5.41, 5.74) is 1.43. The molecule has 4 nitrogen and oxygen atoms in total. The van der Waals surface area contributed by atoms with Crippen molar-refractivity contribution < 1.29 is 13.6 Å². The van der Waals surface area contributed by atoms with Crippen molar-refractivity contribution in [1.29, 1.82) is 0 Å². The van der Waals surface area contributed by atoms with Gasteiger partial charge in [-0.3, -0.25) is 4.79 Å². The molecule has 0 unspecified atom stereocenters. The second-order valence-corrected chi connectivity index (χ2v) is 6.96. The number of carbonyl (C=O) groups is 1. The summed E-state index contributed by atoms with van der Waals surface area (Å²) < 4.78 is 20.0. The second kappa shape index (κ2) is 5.88. The van der Waals surface area contributed by atoms with Crippen molar-refractivity contribution in [1.82, 2.24) is 9.88 Å². The molecule has 1 aliphatic carbocycles. The molecule has 24 heavy (non-hydrogen) atoms. The SMILES string of the molecule is Cc1ccc(F)c(C(=O)N2CCc3oc(C4CCC4)nc3C2)c1Cl. The maximum absolute atomic E-state index is 14.1. The van der Waals surface area contributed by atoms with Crippen molar-refractivity contribution in [3.05, 3.63) is 51.4 Å². The lowest BCUT2D eigenvalue weighted by molar-refractivity contribution is 0.0723. The first-order valence-electron chi connectivity index (χ1n) is 8.27. The Balaban J connectivity index is 1.59. The van der Waals surface area contributed by atoms with Gasteiger partial charge in [-0.05, 0) is 31.4 Å². The van der Waals surface area contributed by atoms with Crippen molar-refractivity contribution in [2.75, 3.05) is 6.54 Å². The van der Waals surface area contributed by atoms with Crippen molar-refractivity contribution in [3.8, 4) is 0 Å². The number of hydrogen-bond acceptors (Lipinski definition) is 3. The predicted molar refractivity (Wildman–Crippen MR) is 87.7 cm³/mol. The van der Waals surface area contributed by atoms with E-state index < -0.39 is 5.82 Å². The molecule has 1 aliphatic heterocycles. The first kappa shape index (κ1) is 15.6. The van der Waals surface area contributed by atoms with Crippen LogP contribution in [0.4, 0.5) is 4.39 Å². The minimum Gasteiger partial charge on any atom is -0.445 e. The normalized spacial score (nSPS) is 17.5. The average molecular weight is 349 g/mol. The van der Waals surface area contributed by atoms with Gasteiger partial charge in [0.05, 0.1) is 17.1 Å². The van der Waals surface area contributed by atoms with Crippen LogP contribution in [0.15, 0.2) is 16.5 Å². The molecule has 1 saturated carbocycles. The lowest BCUT2D eigenvalue weighted by Gasteiger charge is -2.26. The first-order valence-corrected chi connectivity index (χ1v) is 8.64. The fraction of sp³-hybridized carbons (Fsp3) is 0.444. The van der Waals surface area contributed by atoms with E-state index in [1.807, 2.05) is 0 Å². The highest BCUT2D eigenvalue weighted by atomic mass is 35.5. The summed E-state index contributed by atoms with van der Waals surface area (Å²) in [6.45, 7) is 2.58. The topological polar surface area (TPSA) is 46.3 Å². The fourth-order valence-corrected chi connectivity index (χ4v) is 3.47.